The van der Waals surface area contributed by atoms with Gasteiger partial charge < -0.3 is 9.80 Å². The van der Waals surface area contributed by atoms with Gasteiger partial charge in [0.25, 0.3) is 0 Å². The average molecular weight is 392 g/mol. The SMILES string of the molecule is CC1CC(C(=O)N2CCC3(CC2)CC(=O)N(Cc2ccc(F)c(F)c2)C3)NN1. The predicted molar refractivity (Wildman–Crippen MR) is 98.8 cm³/mol. The normalized spacial score (nSPS) is 27.0. The zero-order chi connectivity index (χ0) is 19.9. The highest BCUT2D eigenvalue weighted by Crippen LogP contribution is 2.41. The number of hydrogen-bond acceptors (Lipinski definition) is 4. The summed E-state index contributed by atoms with van der Waals surface area (Å²) in [4.78, 5) is 28.8. The number of nitrogens with one attached hydrogen (secondary N) is 2. The van der Waals surface area contributed by atoms with Gasteiger partial charge in [0.2, 0.25) is 11.8 Å². The van der Waals surface area contributed by atoms with E-state index in [1.54, 1.807) is 4.90 Å². The van der Waals surface area contributed by atoms with Gasteiger partial charge in [-0.25, -0.2) is 14.2 Å². The quantitative estimate of drug-likeness (QED) is 0.820. The Morgan fingerprint density at radius 1 is 1.21 bits per heavy atom. The van der Waals surface area contributed by atoms with E-state index >= 15 is 0 Å². The van der Waals surface area contributed by atoms with Crippen LogP contribution in [0, 0.1) is 17.0 Å². The lowest BCUT2D eigenvalue weighted by Crippen LogP contribution is -2.50. The molecule has 0 aliphatic carbocycles. The van der Waals surface area contributed by atoms with Crippen molar-refractivity contribution in [1.29, 1.82) is 0 Å². The first kappa shape index (κ1) is 19.3. The van der Waals surface area contributed by atoms with Gasteiger partial charge in [-0.1, -0.05) is 6.07 Å². The highest BCUT2D eigenvalue weighted by Gasteiger charge is 2.46. The molecule has 2 amide bonds. The standard InChI is InChI=1S/C20H26F2N4O2/c1-13-8-17(24-23-13)19(28)25-6-4-20(5-7-25)10-18(27)26(12-20)11-14-2-3-15(21)16(22)9-14/h2-3,9,13,17,23-24H,4-8,10-12H2,1H3. The van der Waals surface area contributed by atoms with Crippen LogP contribution in [0.3, 0.4) is 0 Å². The van der Waals surface area contributed by atoms with E-state index in [4.69, 9.17) is 0 Å². The molecular formula is C20H26F2N4O2. The Kier molecular flexibility index (Phi) is 5.09. The molecule has 1 spiro atoms. The first-order chi connectivity index (χ1) is 13.3. The molecule has 1 aromatic carbocycles. The molecule has 3 heterocycles. The van der Waals surface area contributed by atoms with Crippen LogP contribution < -0.4 is 10.9 Å². The van der Waals surface area contributed by atoms with Crippen molar-refractivity contribution in [2.45, 2.75) is 51.2 Å². The fourth-order valence-electron chi connectivity index (χ4n) is 4.62. The van der Waals surface area contributed by atoms with Crippen LogP contribution in [0.15, 0.2) is 18.2 Å². The lowest BCUT2D eigenvalue weighted by molar-refractivity contribution is -0.135. The second kappa shape index (κ2) is 7.40. The van der Waals surface area contributed by atoms with Crippen LogP contribution in [-0.2, 0) is 16.1 Å². The molecule has 3 aliphatic heterocycles. The number of rotatable bonds is 3. The molecule has 2 atom stereocenters. The number of amides is 2. The fourth-order valence-corrected chi connectivity index (χ4v) is 4.62. The predicted octanol–water partition coefficient (Wildman–Crippen LogP) is 1.56. The van der Waals surface area contributed by atoms with Crippen molar-refractivity contribution in [3.05, 3.63) is 35.4 Å². The number of benzene rings is 1. The van der Waals surface area contributed by atoms with Crippen LogP contribution in [0.4, 0.5) is 8.78 Å². The summed E-state index contributed by atoms with van der Waals surface area (Å²) in [5.74, 6) is -1.61. The molecule has 0 bridgehead atoms. The largest absolute Gasteiger partial charge is 0.341 e. The van der Waals surface area contributed by atoms with E-state index in [-0.39, 0.29) is 35.9 Å². The van der Waals surface area contributed by atoms with Crippen LogP contribution in [0.5, 0.6) is 0 Å². The van der Waals surface area contributed by atoms with E-state index in [0.717, 1.165) is 31.4 Å². The number of nitrogens with zero attached hydrogens (tertiary/aromatic N) is 2. The molecule has 1 aromatic rings. The summed E-state index contributed by atoms with van der Waals surface area (Å²) >= 11 is 0. The van der Waals surface area contributed by atoms with E-state index in [1.807, 2.05) is 11.8 Å². The maximum atomic E-state index is 13.4. The Hall–Kier alpha value is -2.06. The minimum Gasteiger partial charge on any atom is -0.341 e. The van der Waals surface area contributed by atoms with Crippen molar-refractivity contribution < 1.29 is 18.4 Å². The van der Waals surface area contributed by atoms with Crippen molar-refractivity contribution in [1.82, 2.24) is 20.7 Å². The topological polar surface area (TPSA) is 64.7 Å². The van der Waals surface area contributed by atoms with Crippen LogP contribution >= 0.6 is 0 Å². The molecular weight excluding hydrogens is 366 g/mol. The molecule has 0 saturated carbocycles. The summed E-state index contributed by atoms with van der Waals surface area (Å²) in [6.45, 7) is 4.23. The van der Waals surface area contributed by atoms with Gasteiger partial charge in [0.1, 0.15) is 6.04 Å². The Labute approximate surface area is 163 Å². The minimum atomic E-state index is -0.894. The smallest absolute Gasteiger partial charge is 0.241 e. The highest BCUT2D eigenvalue weighted by atomic mass is 19.2. The Morgan fingerprint density at radius 3 is 2.61 bits per heavy atom. The summed E-state index contributed by atoms with van der Waals surface area (Å²) in [5.41, 5.74) is 6.60. The Balaban J connectivity index is 1.35. The average Bonchev–Trinajstić information content (AvgIpc) is 3.22. The van der Waals surface area contributed by atoms with Crippen LogP contribution in [-0.4, -0.2) is 53.3 Å². The number of carbonyl (C=O) groups is 2. The monoisotopic (exact) mass is 392 g/mol. The third-order valence-corrected chi connectivity index (χ3v) is 6.29. The summed E-state index contributed by atoms with van der Waals surface area (Å²) in [7, 11) is 0. The maximum absolute atomic E-state index is 13.4. The number of piperidine rings is 1. The molecule has 0 aromatic heterocycles. The van der Waals surface area contributed by atoms with Crippen LogP contribution in [0.2, 0.25) is 0 Å². The lowest BCUT2D eigenvalue weighted by atomic mass is 9.77. The van der Waals surface area contributed by atoms with E-state index in [2.05, 4.69) is 10.9 Å². The molecule has 28 heavy (non-hydrogen) atoms. The molecule has 6 nitrogen and oxygen atoms in total. The molecule has 0 radical (unpaired) electrons. The van der Waals surface area contributed by atoms with Gasteiger partial charge in [0.05, 0.1) is 0 Å². The second-order valence-corrected chi connectivity index (χ2v) is 8.48. The van der Waals surface area contributed by atoms with Gasteiger partial charge >= 0.3 is 0 Å². The Morgan fingerprint density at radius 2 is 1.96 bits per heavy atom. The van der Waals surface area contributed by atoms with Gasteiger partial charge in [0, 0.05) is 44.1 Å². The Bertz CT molecular complexity index is 779. The summed E-state index contributed by atoms with van der Waals surface area (Å²) in [5, 5.41) is 0. The number of hydrazine groups is 1. The highest BCUT2D eigenvalue weighted by molar-refractivity contribution is 5.83. The summed E-state index contributed by atoms with van der Waals surface area (Å²) in [6.07, 6.45) is 2.81. The van der Waals surface area contributed by atoms with Crippen molar-refractivity contribution in [2.24, 2.45) is 5.41 Å². The van der Waals surface area contributed by atoms with Crippen molar-refractivity contribution in [3.8, 4) is 0 Å². The van der Waals surface area contributed by atoms with E-state index in [1.165, 1.54) is 6.07 Å². The summed E-state index contributed by atoms with van der Waals surface area (Å²) in [6, 6.07) is 3.86. The maximum Gasteiger partial charge on any atom is 0.241 e. The van der Waals surface area contributed by atoms with Crippen LogP contribution in [0.25, 0.3) is 0 Å². The number of carbonyl (C=O) groups excluding carboxylic acids is 2. The van der Waals surface area contributed by atoms with Crippen LogP contribution in [0.1, 0.15) is 38.2 Å². The third kappa shape index (κ3) is 3.75. The van der Waals surface area contributed by atoms with E-state index in [9.17, 15) is 18.4 Å². The molecule has 8 heteroatoms. The minimum absolute atomic E-state index is 0.0417. The molecule has 2 N–H and O–H groups in total. The second-order valence-electron chi connectivity index (χ2n) is 8.48. The molecule has 2 unspecified atom stereocenters. The number of hydrogen-bond donors (Lipinski definition) is 2. The zero-order valence-corrected chi connectivity index (χ0v) is 16.0. The zero-order valence-electron chi connectivity index (χ0n) is 16.0. The van der Waals surface area contributed by atoms with Gasteiger partial charge in [-0.05, 0) is 43.9 Å². The summed E-state index contributed by atoms with van der Waals surface area (Å²) < 4.78 is 26.6. The molecule has 3 aliphatic rings. The van der Waals surface area contributed by atoms with Gasteiger partial charge in [-0.2, -0.15) is 0 Å². The lowest BCUT2D eigenvalue weighted by Gasteiger charge is -2.39. The van der Waals surface area contributed by atoms with E-state index in [0.29, 0.717) is 31.6 Å². The first-order valence-electron chi connectivity index (χ1n) is 9.87. The molecule has 3 saturated heterocycles. The number of likely N-dealkylation sites (tertiary alicyclic amines) is 2. The third-order valence-electron chi connectivity index (χ3n) is 6.29. The number of halogens is 2. The van der Waals surface area contributed by atoms with Gasteiger partial charge in [-0.15, -0.1) is 0 Å². The van der Waals surface area contributed by atoms with E-state index < -0.39 is 11.6 Å². The molecule has 152 valence electrons. The van der Waals surface area contributed by atoms with Crippen molar-refractivity contribution >= 4 is 11.8 Å². The fraction of sp³-hybridized carbons (Fsp3) is 0.600. The van der Waals surface area contributed by atoms with Crippen molar-refractivity contribution in [3.63, 3.8) is 0 Å². The van der Waals surface area contributed by atoms with Gasteiger partial charge in [0.15, 0.2) is 11.6 Å². The van der Waals surface area contributed by atoms with Gasteiger partial charge in [-0.3, -0.25) is 15.0 Å². The molecule has 4 rings (SSSR count). The molecule has 3 fully saturated rings. The van der Waals surface area contributed by atoms with Crippen molar-refractivity contribution in [2.75, 3.05) is 19.6 Å². The first-order valence-corrected chi connectivity index (χ1v) is 9.87.